The van der Waals surface area contributed by atoms with Crippen LogP contribution in [-0.2, 0) is 22.6 Å². The lowest BCUT2D eigenvalue weighted by atomic mass is 10.3. The molecular formula is C18H15N3O2S. The average molecular weight is 337 g/mol. The van der Waals surface area contributed by atoms with E-state index in [0.29, 0.717) is 12.8 Å². The SMILES string of the molecule is O=C(CCc1nc2ccccc2[nH]1)OCc1nc2ccccc2s1. The third-order valence-electron chi connectivity index (χ3n) is 3.70. The molecular weight excluding hydrogens is 322 g/mol. The first-order valence-corrected chi connectivity index (χ1v) is 8.53. The fourth-order valence-corrected chi connectivity index (χ4v) is 3.42. The molecule has 0 fully saturated rings. The number of para-hydroxylation sites is 3. The quantitative estimate of drug-likeness (QED) is 0.562. The Morgan fingerprint density at radius 1 is 1.04 bits per heavy atom. The van der Waals surface area contributed by atoms with E-state index in [2.05, 4.69) is 15.0 Å². The van der Waals surface area contributed by atoms with E-state index in [9.17, 15) is 4.79 Å². The van der Waals surface area contributed by atoms with Crippen molar-refractivity contribution in [2.45, 2.75) is 19.4 Å². The Hall–Kier alpha value is -2.73. The van der Waals surface area contributed by atoms with Crippen LogP contribution in [0.5, 0.6) is 0 Å². The number of aromatic nitrogens is 3. The van der Waals surface area contributed by atoms with Gasteiger partial charge in [-0.05, 0) is 24.3 Å². The number of hydrogen-bond donors (Lipinski definition) is 1. The van der Waals surface area contributed by atoms with Crippen molar-refractivity contribution in [1.29, 1.82) is 0 Å². The van der Waals surface area contributed by atoms with Crippen LogP contribution in [0.15, 0.2) is 48.5 Å². The third kappa shape index (κ3) is 3.14. The van der Waals surface area contributed by atoms with Gasteiger partial charge in [0.25, 0.3) is 0 Å². The van der Waals surface area contributed by atoms with Crippen molar-refractivity contribution >= 4 is 38.6 Å². The Morgan fingerprint density at radius 3 is 2.67 bits per heavy atom. The van der Waals surface area contributed by atoms with Crippen molar-refractivity contribution in [3.63, 3.8) is 0 Å². The van der Waals surface area contributed by atoms with Crippen LogP contribution in [-0.4, -0.2) is 20.9 Å². The highest BCUT2D eigenvalue weighted by Gasteiger charge is 2.09. The standard InChI is InChI=1S/C18H15N3O2S/c22-18(10-9-16-19-12-5-1-2-6-13(12)20-16)23-11-17-21-14-7-3-4-8-15(14)24-17/h1-8H,9-11H2,(H,19,20). The van der Waals surface area contributed by atoms with Gasteiger partial charge in [0.05, 0.1) is 27.7 Å². The van der Waals surface area contributed by atoms with E-state index in [-0.39, 0.29) is 12.6 Å². The number of esters is 1. The van der Waals surface area contributed by atoms with E-state index < -0.39 is 0 Å². The van der Waals surface area contributed by atoms with Crippen LogP contribution in [0.2, 0.25) is 0 Å². The van der Waals surface area contributed by atoms with Gasteiger partial charge in [-0.2, -0.15) is 0 Å². The van der Waals surface area contributed by atoms with E-state index in [4.69, 9.17) is 4.74 Å². The summed E-state index contributed by atoms with van der Waals surface area (Å²) in [4.78, 5) is 24.1. The third-order valence-corrected chi connectivity index (χ3v) is 4.71. The number of fused-ring (bicyclic) bond motifs is 2. The van der Waals surface area contributed by atoms with Gasteiger partial charge in [0.2, 0.25) is 0 Å². The highest BCUT2D eigenvalue weighted by molar-refractivity contribution is 7.18. The number of H-pyrrole nitrogens is 1. The summed E-state index contributed by atoms with van der Waals surface area (Å²) < 4.78 is 6.42. The molecule has 5 nitrogen and oxygen atoms in total. The summed E-state index contributed by atoms with van der Waals surface area (Å²) in [6, 6.07) is 15.7. The molecule has 0 aliphatic heterocycles. The normalized spacial score (nSPS) is 11.2. The number of carbonyl (C=O) groups excluding carboxylic acids is 1. The molecule has 0 unspecified atom stereocenters. The Morgan fingerprint density at radius 2 is 1.83 bits per heavy atom. The van der Waals surface area contributed by atoms with Gasteiger partial charge in [-0.1, -0.05) is 24.3 Å². The van der Waals surface area contributed by atoms with E-state index in [0.717, 1.165) is 32.1 Å². The van der Waals surface area contributed by atoms with Crippen LogP contribution >= 0.6 is 11.3 Å². The molecule has 0 radical (unpaired) electrons. The second-order valence-corrected chi connectivity index (χ2v) is 6.55. The van der Waals surface area contributed by atoms with Crippen LogP contribution in [0, 0.1) is 0 Å². The van der Waals surface area contributed by atoms with Gasteiger partial charge >= 0.3 is 5.97 Å². The number of carbonyl (C=O) groups is 1. The predicted octanol–water partition coefficient (Wildman–Crippen LogP) is 3.85. The van der Waals surface area contributed by atoms with Crippen molar-refractivity contribution < 1.29 is 9.53 Å². The first-order valence-electron chi connectivity index (χ1n) is 7.71. The highest BCUT2D eigenvalue weighted by atomic mass is 32.1. The van der Waals surface area contributed by atoms with Gasteiger partial charge in [-0.25, -0.2) is 9.97 Å². The molecule has 2 aromatic carbocycles. The molecule has 2 heterocycles. The summed E-state index contributed by atoms with van der Waals surface area (Å²) in [5.74, 6) is 0.558. The largest absolute Gasteiger partial charge is 0.458 e. The van der Waals surface area contributed by atoms with E-state index in [1.54, 1.807) is 11.3 Å². The van der Waals surface area contributed by atoms with Gasteiger partial charge in [0, 0.05) is 6.42 Å². The summed E-state index contributed by atoms with van der Waals surface area (Å²) in [7, 11) is 0. The second kappa shape index (κ2) is 6.41. The fraction of sp³-hybridized carbons (Fsp3) is 0.167. The molecule has 1 N–H and O–H groups in total. The monoisotopic (exact) mass is 337 g/mol. The minimum atomic E-state index is -0.241. The van der Waals surface area contributed by atoms with E-state index in [1.807, 2.05) is 48.5 Å². The zero-order chi connectivity index (χ0) is 16.4. The summed E-state index contributed by atoms with van der Waals surface area (Å²) in [5, 5.41) is 0.813. The molecule has 0 amide bonds. The first-order chi connectivity index (χ1) is 11.8. The maximum Gasteiger partial charge on any atom is 0.306 e. The number of thiazole rings is 1. The molecule has 4 aromatic rings. The molecule has 0 spiro atoms. The van der Waals surface area contributed by atoms with Gasteiger partial charge in [-0.3, -0.25) is 4.79 Å². The topological polar surface area (TPSA) is 67.9 Å². The number of hydrogen-bond acceptors (Lipinski definition) is 5. The van der Waals surface area contributed by atoms with E-state index >= 15 is 0 Å². The zero-order valence-electron chi connectivity index (χ0n) is 12.9. The van der Waals surface area contributed by atoms with Gasteiger partial charge in [0.1, 0.15) is 17.4 Å². The number of nitrogens with zero attached hydrogens (tertiary/aromatic N) is 2. The molecule has 2 aromatic heterocycles. The molecule has 0 aliphatic rings. The molecule has 24 heavy (non-hydrogen) atoms. The Bertz CT molecular complexity index is 860. The molecule has 0 saturated heterocycles. The van der Waals surface area contributed by atoms with Crippen LogP contribution < -0.4 is 0 Å². The lowest BCUT2D eigenvalue weighted by molar-refractivity contribution is -0.144. The van der Waals surface area contributed by atoms with Crippen molar-refractivity contribution in [3.05, 3.63) is 59.4 Å². The Balaban J connectivity index is 1.33. The molecule has 6 heteroatoms. The minimum Gasteiger partial charge on any atom is -0.458 e. The van der Waals surface area contributed by atoms with Gasteiger partial charge in [0.15, 0.2) is 0 Å². The zero-order valence-corrected chi connectivity index (χ0v) is 13.7. The van der Waals surface area contributed by atoms with Crippen LogP contribution in [0.4, 0.5) is 0 Å². The molecule has 0 atom stereocenters. The highest BCUT2D eigenvalue weighted by Crippen LogP contribution is 2.22. The fourth-order valence-electron chi connectivity index (χ4n) is 2.54. The Kier molecular flexibility index (Phi) is 3.96. The minimum absolute atomic E-state index is 0.221. The summed E-state index contributed by atoms with van der Waals surface area (Å²) in [6.07, 6.45) is 0.831. The molecule has 120 valence electrons. The molecule has 0 bridgehead atoms. The number of rotatable bonds is 5. The van der Waals surface area contributed by atoms with Crippen molar-refractivity contribution in [2.75, 3.05) is 0 Å². The summed E-state index contributed by atoms with van der Waals surface area (Å²) >= 11 is 1.55. The Labute approximate surface area is 142 Å². The summed E-state index contributed by atoms with van der Waals surface area (Å²) in [5.41, 5.74) is 2.83. The van der Waals surface area contributed by atoms with Crippen molar-refractivity contribution in [3.8, 4) is 0 Å². The smallest absolute Gasteiger partial charge is 0.306 e. The summed E-state index contributed by atoms with van der Waals surface area (Å²) in [6.45, 7) is 0.221. The number of nitrogens with one attached hydrogen (secondary N) is 1. The van der Waals surface area contributed by atoms with Crippen molar-refractivity contribution in [1.82, 2.24) is 15.0 Å². The molecule has 4 rings (SSSR count). The number of benzene rings is 2. The second-order valence-electron chi connectivity index (χ2n) is 5.44. The lowest BCUT2D eigenvalue weighted by Crippen LogP contribution is -2.06. The maximum atomic E-state index is 11.9. The van der Waals surface area contributed by atoms with Gasteiger partial charge in [-0.15, -0.1) is 11.3 Å². The number of aryl methyl sites for hydroxylation is 1. The van der Waals surface area contributed by atoms with E-state index in [1.165, 1.54) is 0 Å². The average Bonchev–Trinajstić information content (AvgIpc) is 3.21. The van der Waals surface area contributed by atoms with Crippen LogP contribution in [0.1, 0.15) is 17.3 Å². The first kappa shape index (κ1) is 14.8. The maximum absolute atomic E-state index is 11.9. The van der Waals surface area contributed by atoms with Gasteiger partial charge < -0.3 is 9.72 Å². The molecule has 0 saturated carbocycles. The van der Waals surface area contributed by atoms with Crippen LogP contribution in [0.3, 0.4) is 0 Å². The lowest BCUT2D eigenvalue weighted by Gasteiger charge is -2.01. The van der Waals surface area contributed by atoms with Crippen molar-refractivity contribution in [2.24, 2.45) is 0 Å². The van der Waals surface area contributed by atoms with Crippen LogP contribution in [0.25, 0.3) is 21.3 Å². The number of aromatic amines is 1. The number of imidazole rings is 1. The predicted molar refractivity (Wildman–Crippen MR) is 93.8 cm³/mol. The molecule has 0 aliphatic carbocycles. The number of ether oxygens (including phenoxy) is 1.